The first-order valence-corrected chi connectivity index (χ1v) is 4.62. The van der Waals surface area contributed by atoms with Gasteiger partial charge in [-0.15, -0.1) is 0 Å². The number of hydrogen-bond donors (Lipinski definition) is 0. The van der Waals surface area contributed by atoms with Crippen molar-refractivity contribution in [1.82, 2.24) is 4.90 Å². The molecular formula is C11H15N. The third-order valence-electron chi connectivity index (χ3n) is 2.65. The Morgan fingerprint density at radius 3 is 3.08 bits per heavy atom. The van der Waals surface area contributed by atoms with Crippen molar-refractivity contribution in [3.63, 3.8) is 0 Å². The quantitative estimate of drug-likeness (QED) is 0.528. The summed E-state index contributed by atoms with van der Waals surface area (Å²) in [7, 11) is 0. The van der Waals surface area contributed by atoms with Gasteiger partial charge >= 0.3 is 0 Å². The molecule has 1 fully saturated rings. The zero-order valence-corrected chi connectivity index (χ0v) is 7.64. The van der Waals surface area contributed by atoms with E-state index in [1.807, 2.05) is 0 Å². The molecule has 2 heterocycles. The van der Waals surface area contributed by atoms with Crippen LogP contribution in [0.5, 0.6) is 0 Å². The summed E-state index contributed by atoms with van der Waals surface area (Å²) < 4.78 is 0. The van der Waals surface area contributed by atoms with Crippen molar-refractivity contribution in [1.29, 1.82) is 0 Å². The lowest BCUT2D eigenvalue weighted by Crippen LogP contribution is -2.25. The van der Waals surface area contributed by atoms with Crippen LogP contribution in [0, 0.1) is 0 Å². The topological polar surface area (TPSA) is 3.24 Å². The van der Waals surface area contributed by atoms with Crippen LogP contribution >= 0.6 is 0 Å². The van der Waals surface area contributed by atoms with E-state index < -0.39 is 0 Å². The summed E-state index contributed by atoms with van der Waals surface area (Å²) in [4.78, 5) is 2.37. The molecule has 0 atom stereocenters. The van der Waals surface area contributed by atoms with Crippen LogP contribution in [0.25, 0.3) is 0 Å². The molecule has 0 aliphatic carbocycles. The predicted molar refractivity (Wildman–Crippen MR) is 51.5 cm³/mol. The summed E-state index contributed by atoms with van der Waals surface area (Å²) in [5.41, 5.74) is 3.95. The van der Waals surface area contributed by atoms with Crippen LogP contribution in [-0.2, 0) is 0 Å². The molecule has 2 rings (SSSR count). The highest BCUT2D eigenvalue weighted by Crippen LogP contribution is 2.28. The summed E-state index contributed by atoms with van der Waals surface area (Å²) in [6.45, 7) is 7.33. The molecule has 0 radical (unpaired) electrons. The van der Waals surface area contributed by atoms with Crippen LogP contribution < -0.4 is 0 Å². The van der Waals surface area contributed by atoms with Gasteiger partial charge in [-0.05, 0) is 43.4 Å². The van der Waals surface area contributed by atoms with Crippen LogP contribution in [-0.4, -0.2) is 11.4 Å². The molecule has 0 spiro atoms. The molecule has 1 nitrogen and oxygen atoms in total. The number of allylic oxidation sites excluding steroid dienone is 4. The van der Waals surface area contributed by atoms with Crippen molar-refractivity contribution in [2.24, 2.45) is 0 Å². The maximum atomic E-state index is 4.01. The number of fused-ring (bicyclic) bond motifs is 1. The van der Waals surface area contributed by atoms with Crippen LogP contribution in [0.1, 0.15) is 26.2 Å². The molecule has 2 aliphatic rings. The monoisotopic (exact) mass is 161 g/mol. The Hall–Kier alpha value is -0.980. The second-order valence-electron chi connectivity index (χ2n) is 3.62. The molecular weight excluding hydrogens is 146 g/mol. The summed E-state index contributed by atoms with van der Waals surface area (Å²) in [6.07, 6.45) is 8.35. The summed E-state index contributed by atoms with van der Waals surface area (Å²) in [5, 5.41) is 0. The third-order valence-corrected chi connectivity index (χ3v) is 2.65. The van der Waals surface area contributed by atoms with Crippen LogP contribution in [0.15, 0.2) is 35.7 Å². The zero-order valence-electron chi connectivity index (χ0n) is 7.64. The normalized spacial score (nSPS) is 23.1. The minimum absolute atomic E-state index is 1.18. The summed E-state index contributed by atoms with van der Waals surface area (Å²) in [6, 6.07) is 0. The van der Waals surface area contributed by atoms with E-state index in [1.54, 1.807) is 0 Å². The fraction of sp³-hybridized carbons (Fsp3) is 0.455. The van der Waals surface area contributed by atoms with Gasteiger partial charge in [-0.25, -0.2) is 0 Å². The van der Waals surface area contributed by atoms with Crippen LogP contribution in [0.4, 0.5) is 0 Å². The number of rotatable bonds is 0. The van der Waals surface area contributed by atoms with Gasteiger partial charge in [0.1, 0.15) is 0 Å². The predicted octanol–water partition coefficient (Wildman–Crippen LogP) is 2.83. The number of piperidine rings is 1. The van der Waals surface area contributed by atoms with Crippen molar-refractivity contribution in [2.75, 3.05) is 6.54 Å². The largest absolute Gasteiger partial charge is 0.351 e. The lowest BCUT2D eigenvalue weighted by Gasteiger charge is -2.32. The molecule has 0 N–H and O–H groups in total. The van der Waals surface area contributed by atoms with E-state index >= 15 is 0 Å². The third kappa shape index (κ3) is 1.20. The molecule has 0 amide bonds. The lowest BCUT2D eigenvalue weighted by molar-refractivity contribution is 0.374. The van der Waals surface area contributed by atoms with Crippen molar-refractivity contribution >= 4 is 0 Å². The van der Waals surface area contributed by atoms with Crippen molar-refractivity contribution < 1.29 is 0 Å². The molecule has 1 heteroatoms. The summed E-state index contributed by atoms with van der Waals surface area (Å²) in [5.74, 6) is 0. The molecule has 0 bridgehead atoms. The molecule has 0 aromatic carbocycles. The molecule has 0 unspecified atom stereocenters. The van der Waals surface area contributed by atoms with Crippen LogP contribution in [0.2, 0.25) is 0 Å². The van der Waals surface area contributed by atoms with Crippen molar-refractivity contribution in [2.45, 2.75) is 26.2 Å². The lowest BCUT2D eigenvalue weighted by atomic mass is 9.99. The Labute approximate surface area is 74.1 Å². The van der Waals surface area contributed by atoms with E-state index in [0.29, 0.717) is 0 Å². The Kier molecular flexibility index (Phi) is 1.80. The smallest absolute Gasteiger partial charge is 0.0222 e. The first-order chi connectivity index (χ1) is 5.77. The van der Waals surface area contributed by atoms with E-state index in [9.17, 15) is 0 Å². The molecule has 2 aliphatic heterocycles. The van der Waals surface area contributed by atoms with Gasteiger partial charge in [0.15, 0.2) is 0 Å². The van der Waals surface area contributed by atoms with Gasteiger partial charge in [0, 0.05) is 18.4 Å². The van der Waals surface area contributed by atoms with E-state index in [0.717, 1.165) is 0 Å². The second-order valence-corrected chi connectivity index (χ2v) is 3.62. The number of hydrogen-bond acceptors (Lipinski definition) is 1. The van der Waals surface area contributed by atoms with E-state index in [-0.39, 0.29) is 0 Å². The van der Waals surface area contributed by atoms with Gasteiger partial charge in [0.05, 0.1) is 0 Å². The van der Waals surface area contributed by atoms with E-state index in [1.165, 1.54) is 42.7 Å². The SMILES string of the molecule is C=C1C=C2CCCCN2C=C1C. The van der Waals surface area contributed by atoms with Gasteiger partial charge in [-0.1, -0.05) is 6.58 Å². The highest BCUT2D eigenvalue weighted by molar-refractivity contribution is 5.42. The average Bonchev–Trinajstić information content (AvgIpc) is 2.07. The van der Waals surface area contributed by atoms with Gasteiger partial charge in [-0.2, -0.15) is 0 Å². The fourth-order valence-corrected chi connectivity index (χ4v) is 1.81. The first-order valence-electron chi connectivity index (χ1n) is 4.62. The van der Waals surface area contributed by atoms with Gasteiger partial charge in [0.25, 0.3) is 0 Å². The van der Waals surface area contributed by atoms with Crippen molar-refractivity contribution in [3.05, 3.63) is 35.7 Å². The van der Waals surface area contributed by atoms with Crippen molar-refractivity contribution in [3.8, 4) is 0 Å². The number of nitrogens with zero attached hydrogens (tertiary/aromatic N) is 1. The first kappa shape index (κ1) is 7.66. The fourth-order valence-electron chi connectivity index (χ4n) is 1.81. The zero-order chi connectivity index (χ0) is 8.55. The standard InChI is InChI=1S/C11H15N/c1-9-7-11-5-3-4-6-12(11)8-10(9)2/h7-8H,1,3-6H2,2H3. The molecule has 0 saturated carbocycles. The molecule has 0 aromatic rings. The Morgan fingerprint density at radius 1 is 1.42 bits per heavy atom. The summed E-state index contributed by atoms with van der Waals surface area (Å²) >= 11 is 0. The van der Waals surface area contributed by atoms with Gasteiger partial charge < -0.3 is 4.90 Å². The molecule has 12 heavy (non-hydrogen) atoms. The highest BCUT2D eigenvalue weighted by Gasteiger charge is 2.16. The average molecular weight is 161 g/mol. The minimum atomic E-state index is 1.18. The highest BCUT2D eigenvalue weighted by atomic mass is 15.1. The minimum Gasteiger partial charge on any atom is -0.351 e. The van der Waals surface area contributed by atoms with E-state index in [4.69, 9.17) is 0 Å². The van der Waals surface area contributed by atoms with Crippen LogP contribution in [0.3, 0.4) is 0 Å². The maximum Gasteiger partial charge on any atom is 0.0222 e. The Bertz CT molecular complexity index is 271. The van der Waals surface area contributed by atoms with E-state index in [2.05, 4.69) is 30.7 Å². The van der Waals surface area contributed by atoms with Gasteiger partial charge in [0.2, 0.25) is 0 Å². The Morgan fingerprint density at radius 2 is 2.25 bits per heavy atom. The molecule has 64 valence electrons. The maximum absolute atomic E-state index is 4.01. The molecule has 1 saturated heterocycles. The molecule has 0 aromatic heterocycles. The Balaban J connectivity index is 2.26. The van der Waals surface area contributed by atoms with Gasteiger partial charge in [-0.3, -0.25) is 0 Å². The second kappa shape index (κ2) is 2.81.